The summed E-state index contributed by atoms with van der Waals surface area (Å²) in [7, 11) is -5.05. The molecule has 3 amide bonds. The van der Waals surface area contributed by atoms with Crippen molar-refractivity contribution in [1.29, 1.82) is 0 Å². The molecule has 0 aromatic carbocycles. The molecule has 7 N–H and O–H groups in total. The lowest BCUT2D eigenvalue weighted by Crippen LogP contribution is -2.73. The number of hydrogen-bond acceptors (Lipinski definition) is 12. The van der Waals surface area contributed by atoms with E-state index in [2.05, 4.69) is 26.1 Å². The summed E-state index contributed by atoms with van der Waals surface area (Å²) in [6, 6.07) is -2.98. The second kappa shape index (κ2) is 12.3. The maximum absolute atomic E-state index is 13.1. The Morgan fingerprint density at radius 3 is 2.65 bits per heavy atom. The minimum Gasteiger partial charge on any atom is -0.481 e. The Morgan fingerprint density at radius 2 is 2.10 bits per heavy atom. The number of carboxylic acid groups (broad SMARTS) is 1. The van der Waals surface area contributed by atoms with Crippen LogP contribution in [-0.4, -0.2) is 112 Å². The van der Waals surface area contributed by atoms with E-state index in [0.717, 1.165) is 11.3 Å². The summed E-state index contributed by atoms with van der Waals surface area (Å²) < 4.78 is 33.2. The normalized spacial score (nSPS) is 19.6. The van der Waals surface area contributed by atoms with Crippen LogP contribution in [0, 0.1) is 5.41 Å². The zero-order valence-electron chi connectivity index (χ0n) is 21.3. The highest BCUT2D eigenvalue weighted by Gasteiger charge is 2.54. The third kappa shape index (κ3) is 7.31. The molecule has 0 bridgehead atoms. The van der Waals surface area contributed by atoms with E-state index in [1.54, 1.807) is 0 Å². The van der Waals surface area contributed by atoms with Gasteiger partial charge in [-0.05, 0) is 26.1 Å². The molecule has 1 aromatic heterocycles. The molecule has 17 nitrogen and oxygen atoms in total. The molecule has 0 unspecified atom stereocenters. The average Bonchev–Trinajstić information content (AvgIpc) is 3.46. The van der Waals surface area contributed by atoms with Crippen molar-refractivity contribution in [3.63, 3.8) is 0 Å². The number of oxime groups is 1. The molecule has 2 atom stereocenters. The Hall–Kier alpha value is -3.62. The number of hydrogen-bond donors (Lipinski definition) is 6. The predicted octanol–water partition coefficient (Wildman–Crippen LogP) is -2.25. The van der Waals surface area contributed by atoms with Gasteiger partial charge in [0.15, 0.2) is 16.0 Å². The smallest absolute Gasteiger partial charge is 0.362 e. The van der Waals surface area contributed by atoms with Gasteiger partial charge in [0.05, 0.1) is 17.9 Å². The summed E-state index contributed by atoms with van der Waals surface area (Å²) in [6.07, 6.45) is -0.571. The van der Waals surface area contributed by atoms with Gasteiger partial charge in [0.2, 0.25) is 5.91 Å². The lowest BCUT2D eigenvalue weighted by molar-refractivity contribution is -0.150. The Labute approximate surface area is 238 Å². The molecule has 1 aromatic rings. The van der Waals surface area contributed by atoms with Crippen molar-refractivity contribution >= 4 is 73.5 Å². The Kier molecular flexibility index (Phi) is 9.48. The fourth-order valence-corrected chi connectivity index (χ4v) is 5.32. The highest BCUT2D eigenvalue weighted by atomic mass is 32.2. The van der Waals surface area contributed by atoms with Crippen molar-refractivity contribution < 1.29 is 42.1 Å². The molecule has 2 saturated heterocycles. The fourth-order valence-electron chi connectivity index (χ4n) is 3.61. The maximum atomic E-state index is 13.1. The van der Waals surface area contributed by atoms with E-state index in [1.807, 2.05) is 4.90 Å². The molecule has 3 rings (SSSR count). The molecule has 0 spiro atoms. The minimum atomic E-state index is -5.05. The Morgan fingerprint density at radius 1 is 1.40 bits per heavy atom. The van der Waals surface area contributed by atoms with Gasteiger partial charge in [-0.2, -0.15) is 8.42 Å². The van der Waals surface area contributed by atoms with Crippen LogP contribution in [0.4, 0.5) is 5.13 Å². The minimum absolute atomic E-state index is 0.0600. The van der Waals surface area contributed by atoms with Crippen molar-refractivity contribution in [2.75, 3.05) is 38.5 Å². The van der Waals surface area contributed by atoms with Crippen LogP contribution in [-0.2, 0) is 34.3 Å². The lowest BCUT2D eigenvalue weighted by Gasteiger charge is -2.43. The van der Waals surface area contributed by atoms with Crippen LogP contribution < -0.4 is 21.7 Å². The summed E-state index contributed by atoms with van der Waals surface area (Å²) in [5.41, 5.74) is 3.73. The van der Waals surface area contributed by atoms with Gasteiger partial charge in [-0.3, -0.25) is 23.7 Å². The zero-order valence-corrected chi connectivity index (χ0v) is 23.8. The summed E-state index contributed by atoms with van der Waals surface area (Å²) in [5.74, 6) is -4.07. The van der Waals surface area contributed by atoms with Crippen LogP contribution in [0.2, 0.25) is 0 Å². The Balaban J connectivity index is 1.72. The summed E-state index contributed by atoms with van der Waals surface area (Å²) in [6.45, 7) is 4.18. The number of carbonyl (C=O) groups is 4. The number of aliphatic carboxylic acids is 1. The molecular weight excluding hydrogens is 592 g/mol. The third-order valence-corrected chi connectivity index (χ3v) is 7.91. The molecule has 220 valence electrons. The number of carbonyl (C=O) groups excluding carboxylic acids is 3. The molecule has 0 saturated carbocycles. The number of aromatic nitrogens is 1. The van der Waals surface area contributed by atoms with Gasteiger partial charge in [-0.1, -0.05) is 5.16 Å². The Bertz CT molecular complexity index is 1330. The fraction of sp³-hybridized carbons (Fsp3) is 0.550. The molecule has 20 heteroatoms. The van der Waals surface area contributed by atoms with Crippen LogP contribution in [0.15, 0.2) is 10.5 Å². The molecule has 3 heterocycles. The topological polar surface area (TPSA) is 246 Å². The van der Waals surface area contributed by atoms with E-state index >= 15 is 0 Å². The van der Waals surface area contributed by atoms with Crippen LogP contribution >= 0.6 is 23.6 Å². The monoisotopic (exact) mass is 620 g/mol. The summed E-state index contributed by atoms with van der Waals surface area (Å²) >= 11 is 6.09. The van der Waals surface area contributed by atoms with Crippen LogP contribution in [0.3, 0.4) is 0 Å². The molecule has 2 aliphatic heterocycles. The summed E-state index contributed by atoms with van der Waals surface area (Å²) in [4.78, 5) is 60.4. The van der Waals surface area contributed by atoms with E-state index in [0.29, 0.717) is 24.7 Å². The molecule has 2 aliphatic rings. The molecule has 0 radical (unpaired) electrons. The SMILES string of the molecule is CC(C)(CO/N=C(\C(=O)N[C@@H]1C(=O)N(S(=O)(=O)O)[C@H]1CC(=O)NCCN1CCNC1=S)c1csc(N)n1)C(=O)O. The van der Waals surface area contributed by atoms with E-state index < -0.39 is 70.2 Å². The molecule has 40 heavy (non-hydrogen) atoms. The van der Waals surface area contributed by atoms with E-state index in [1.165, 1.54) is 19.2 Å². The first-order chi connectivity index (χ1) is 18.6. The zero-order chi connectivity index (χ0) is 29.8. The van der Waals surface area contributed by atoms with Crippen molar-refractivity contribution in [1.82, 2.24) is 30.1 Å². The van der Waals surface area contributed by atoms with Crippen molar-refractivity contribution in [3.8, 4) is 0 Å². The number of nitrogens with zero attached hydrogens (tertiary/aromatic N) is 4. The number of amides is 3. The number of nitrogens with one attached hydrogen (secondary N) is 3. The highest BCUT2D eigenvalue weighted by molar-refractivity contribution is 7.84. The highest BCUT2D eigenvalue weighted by Crippen LogP contribution is 2.26. The van der Waals surface area contributed by atoms with E-state index in [-0.39, 0.29) is 21.7 Å². The van der Waals surface area contributed by atoms with Gasteiger partial charge in [0.1, 0.15) is 18.3 Å². The number of thiazole rings is 1. The first kappa shape index (κ1) is 30.9. The van der Waals surface area contributed by atoms with Gasteiger partial charge >= 0.3 is 16.3 Å². The van der Waals surface area contributed by atoms with Crippen molar-refractivity contribution in [2.24, 2.45) is 10.6 Å². The van der Waals surface area contributed by atoms with Gasteiger partial charge in [0.25, 0.3) is 11.8 Å². The van der Waals surface area contributed by atoms with E-state index in [4.69, 9.17) is 22.8 Å². The number of rotatable bonds is 13. The number of nitrogen functional groups attached to an aromatic ring is 1. The summed E-state index contributed by atoms with van der Waals surface area (Å²) in [5, 5.41) is 22.7. The van der Waals surface area contributed by atoms with E-state index in [9.17, 15) is 37.3 Å². The quantitative estimate of drug-likeness (QED) is 0.0449. The first-order valence-corrected chi connectivity index (χ1v) is 14.4. The standard InChI is InChI=1S/C20H28N8O9S3/c1-20(2,17(32)33)9-37-26-13(10-8-39-18(21)24-10)15(30)25-14-11(28(16(14)31)40(34,35)36)7-12(29)22-3-5-27-6-4-23-19(27)38/h8,11,14H,3-7,9H2,1-2H3,(H2,21,24)(H,22,29)(H,23,38)(H,25,30)(H,32,33)(H,34,35,36)/b26-13-/t11-,14-/m0/s1. The van der Waals surface area contributed by atoms with Crippen molar-refractivity contribution in [3.05, 3.63) is 11.1 Å². The predicted molar refractivity (Wildman–Crippen MR) is 144 cm³/mol. The van der Waals surface area contributed by atoms with Gasteiger partial charge in [-0.25, -0.2) is 9.29 Å². The number of thiocarbonyl (C=S) groups is 1. The molecule has 0 aliphatic carbocycles. The second-order valence-corrected chi connectivity index (χ2v) is 11.9. The van der Waals surface area contributed by atoms with Crippen LogP contribution in [0.1, 0.15) is 26.0 Å². The lowest BCUT2D eigenvalue weighted by atomic mass is 9.94. The number of β-lactam (4-membered cyclic amide) rings is 1. The second-order valence-electron chi connectivity index (χ2n) is 9.38. The third-order valence-electron chi connectivity index (χ3n) is 5.89. The number of nitrogens with two attached hydrogens (primary N) is 1. The van der Waals surface area contributed by atoms with Gasteiger partial charge < -0.3 is 36.5 Å². The molecule has 2 fully saturated rings. The van der Waals surface area contributed by atoms with Crippen LogP contribution in [0.5, 0.6) is 0 Å². The number of anilines is 1. The average molecular weight is 621 g/mol. The largest absolute Gasteiger partial charge is 0.481 e. The van der Waals surface area contributed by atoms with Crippen LogP contribution in [0.25, 0.3) is 0 Å². The van der Waals surface area contributed by atoms with Crippen molar-refractivity contribution in [2.45, 2.75) is 32.4 Å². The molecular formula is C20H28N8O9S3. The number of carboxylic acids is 1. The van der Waals surface area contributed by atoms with Gasteiger partial charge in [0, 0.05) is 31.6 Å². The first-order valence-electron chi connectivity index (χ1n) is 11.7. The maximum Gasteiger partial charge on any atom is 0.362 e. The van der Waals surface area contributed by atoms with Gasteiger partial charge in [-0.15, -0.1) is 11.3 Å².